The molecule has 0 saturated heterocycles. The van der Waals surface area contributed by atoms with Gasteiger partial charge >= 0.3 is 6.03 Å². The van der Waals surface area contributed by atoms with Crippen molar-refractivity contribution in [2.75, 3.05) is 6.54 Å². The molecule has 0 radical (unpaired) electrons. The molecule has 0 spiro atoms. The van der Waals surface area contributed by atoms with Crippen LogP contribution >= 0.6 is 12.4 Å². The molecule has 1 aromatic carbocycles. The number of primary amides is 1. The highest BCUT2D eigenvalue weighted by Crippen LogP contribution is 2.39. The summed E-state index contributed by atoms with van der Waals surface area (Å²) < 4.78 is 0. The third kappa shape index (κ3) is 5.11. The summed E-state index contributed by atoms with van der Waals surface area (Å²) >= 11 is 0. The number of aryl methyl sites for hydroxylation is 1. The van der Waals surface area contributed by atoms with Crippen molar-refractivity contribution in [1.29, 1.82) is 0 Å². The van der Waals surface area contributed by atoms with Gasteiger partial charge in [0.1, 0.15) is 0 Å². The number of rotatable bonds is 7. The highest BCUT2D eigenvalue weighted by molar-refractivity contribution is 5.85. The van der Waals surface area contributed by atoms with E-state index in [0.717, 1.165) is 24.0 Å². The summed E-state index contributed by atoms with van der Waals surface area (Å²) in [6, 6.07) is 6.54. The van der Waals surface area contributed by atoms with Crippen LogP contribution in [0.4, 0.5) is 4.79 Å². The maximum atomic E-state index is 12.5. The summed E-state index contributed by atoms with van der Waals surface area (Å²) in [5.74, 6) is 0.310. The molecule has 24 heavy (non-hydrogen) atoms. The molecule has 0 aliphatic heterocycles. The minimum atomic E-state index is -0.644. The van der Waals surface area contributed by atoms with E-state index in [1.807, 2.05) is 38.1 Å². The molecule has 7 heteroatoms. The Bertz CT molecular complexity index is 592. The molecule has 1 fully saturated rings. The maximum Gasteiger partial charge on any atom is 0.312 e. The topological polar surface area (TPSA) is 110 Å². The first-order valence-corrected chi connectivity index (χ1v) is 7.98. The Balaban J connectivity index is 0.00000288. The van der Waals surface area contributed by atoms with Crippen LogP contribution in [-0.2, 0) is 4.79 Å². The number of carbonyl (C=O) groups is 2. The summed E-state index contributed by atoms with van der Waals surface area (Å²) in [6.45, 7) is 4.33. The van der Waals surface area contributed by atoms with Crippen molar-refractivity contribution < 1.29 is 9.59 Å². The van der Waals surface area contributed by atoms with Crippen LogP contribution in [0.3, 0.4) is 0 Å². The quantitative estimate of drug-likeness (QED) is 0.598. The molecule has 134 valence electrons. The Morgan fingerprint density at radius 2 is 1.96 bits per heavy atom. The Morgan fingerprint density at radius 1 is 1.33 bits per heavy atom. The normalized spacial score (nSPS) is 17.1. The number of benzene rings is 1. The van der Waals surface area contributed by atoms with Crippen LogP contribution in [0.25, 0.3) is 0 Å². The van der Waals surface area contributed by atoms with E-state index in [1.54, 1.807) is 0 Å². The second kappa shape index (κ2) is 8.35. The van der Waals surface area contributed by atoms with Crippen molar-refractivity contribution in [2.45, 2.75) is 44.7 Å². The van der Waals surface area contributed by atoms with Crippen molar-refractivity contribution in [1.82, 2.24) is 10.6 Å². The number of hydrogen-bond acceptors (Lipinski definition) is 3. The molecule has 1 saturated carbocycles. The van der Waals surface area contributed by atoms with E-state index in [4.69, 9.17) is 11.5 Å². The number of amides is 3. The fourth-order valence-electron chi connectivity index (χ4n) is 2.98. The SMILES string of the molecule is Cc1ccccc1C(CC(=O)NC(C)(CN)C1CC1)NC(N)=O.Cl. The molecule has 2 unspecified atom stereocenters. The molecule has 1 aliphatic rings. The van der Waals surface area contributed by atoms with Gasteiger partial charge in [-0.1, -0.05) is 24.3 Å². The second-order valence-corrected chi connectivity index (χ2v) is 6.57. The van der Waals surface area contributed by atoms with E-state index >= 15 is 0 Å². The van der Waals surface area contributed by atoms with Crippen molar-refractivity contribution >= 4 is 24.3 Å². The summed E-state index contributed by atoms with van der Waals surface area (Å²) in [5, 5.41) is 5.71. The second-order valence-electron chi connectivity index (χ2n) is 6.57. The standard InChI is InChI=1S/C17H26N4O2.ClH/c1-11-5-3-4-6-13(11)14(20-16(19)23)9-15(22)21-17(2,10-18)12-7-8-12;/h3-6,12,14H,7-10,18H2,1-2H3,(H,21,22)(H3,19,20,23);1H. The third-order valence-electron chi connectivity index (χ3n) is 4.60. The van der Waals surface area contributed by atoms with Crippen LogP contribution in [0, 0.1) is 12.8 Å². The zero-order valence-electron chi connectivity index (χ0n) is 14.2. The first-order valence-electron chi connectivity index (χ1n) is 7.98. The molecule has 6 nitrogen and oxygen atoms in total. The first kappa shape index (κ1) is 20.3. The number of urea groups is 1. The lowest BCUT2D eigenvalue weighted by Crippen LogP contribution is -2.53. The van der Waals surface area contributed by atoms with E-state index in [0.29, 0.717) is 12.5 Å². The largest absolute Gasteiger partial charge is 0.352 e. The summed E-state index contributed by atoms with van der Waals surface area (Å²) in [5.41, 5.74) is 12.6. The average molecular weight is 355 g/mol. The minimum Gasteiger partial charge on any atom is -0.352 e. The smallest absolute Gasteiger partial charge is 0.312 e. The lowest BCUT2D eigenvalue weighted by Gasteiger charge is -2.30. The van der Waals surface area contributed by atoms with E-state index in [-0.39, 0.29) is 30.3 Å². The lowest BCUT2D eigenvalue weighted by atomic mass is 9.94. The molecule has 6 N–H and O–H groups in total. The number of carbonyl (C=O) groups excluding carboxylic acids is 2. The monoisotopic (exact) mass is 354 g/mol. The highest BCUT2D eigenvalue weighted by Gasteiger charge is 2.41. The van der Waals surface area contributed by atoms with Crippen LogP contribution in [0.2, 0.25) is 0 Å². The number of nitrogens with one attached hydrogen (secondary N) is 2. The van der Waals surface area contributed by atoms with E-state index in [2.05, 4.69) is 10.6 Å². The lowest BCUT2D eigenvalue weighted by molar-refractivity contribution is -0.123. The molecular weight excluding hydrogens is 328 g/mol. The Kier molecular flexibility index (Phi) is 7.05. The Morgan fingerprint density at radius 3 is 2.46 bits per heavy atom. The van der Waals surface area contributed by atoms with Crippen molar-refractivity contribution in [3.05, 3.63) is 35.4 Å². The van der Waals surface area contributed by atoms with Crippen LogP contribution < -0.4 is 22.1 Å². The van der Waals surface area contributed by atoms with Crippen molar-refractivity contribution in [3.8, 4) is 0 Å². The van der Waals surface area contributed by atoms with Gasteiger partial charge in [0.2, 0.25) is 5.91 Å². The van der Waals surface area contributed by atoms with Crippen LogP contribution in [0.5, 0.6) is 0 Å². The molecular formula is C17H27ClN4O2. The third-order valence-corrected chi connectivity index (χ3v) is 4.60. The number of halogens is 1. The van der Waals surface area contributed by atoms with Gasteiger partial charge in [0.25, 0.3) is 0 Å². The molecule has 0 bridgehead atoms. The molecule has 1 aliphatic carbocycles. The van der Waals surface area contributed by atoms with Gasteiger partial charge in [0.15, 0.2) is 0 Å². The zero-order chi connectivity index (χ0) is 17.0. The van der Waals surface area contributed by atoms with Gasteiger partial charge in [-0.05, 0) is 43.7 Å². The van der Waals surface area contributed by atoms with Crippen LogP contribution in [0.15, 0.2) is 24.3 Å². The van der Waals surface area contributed by atoms with Gasteiger partial charge in [0.05, 0.1) is 18.0 Å². The predicted octanol–water partition coefficient (Wildman–Crippen LogP) is 1.76. The molecule has 2 rings (SSSR count). The Hall–Kier alpha value is -1.79. The van der Waals surface area contributed by atoms with E-state index in [9.17, 15) is 9.59 Å². The number of nitrogens with two attached hydrogens (primary N) is 2. The number of hydrogen-bond donors (Lipinski definition) is 4. The molecule has 0 aromatic heterocycles. The van der Waals surface area contributed by atoms with Gasteiger partial charge in [-0.25, -0.2) is 4.79 Å². The van der Waals surface area contributed by atoms with Crippen LogP contribution in [-0.4, -0.2) is 24.0 Å². The molecule has 0 heterocycles. The summed E-state index contributed by atoms with van der Waals surface area (Å²) in [6.07, 6.45) is 2.32. The van der Waals surface area contributed by atoms with E-state index in [1.165, 1.54) is 0 Å². The summed E-state index contributed by atoms with van der Waals surface area (Å²) in [4.78, 5) is 23.8. The minimum absolute atomic E-state index is 0. The fourth-order valence-corrected chi connectivity index (χ4v) is 2.98. The molecule has 1 aromatic rings. The highest BCUT2D eigenvalue weighted by atomic mass is 35.5. The first-order chi connectivity index (χ1) is 10.9. The van der Waals surface area contributed by atoms with Gasteiger partial charge in [-0.3, -0.25) is 4.79 Å². The fraction of sp³-hybridized carbons (Fsp3) is 0.529. The van der Waals surface area contributed by atoms with Gasteiger partial charge in [0, 0.05) is 6.54 Å². The van der Waals surface area contributed by atoms with Crippen LogP contribution in [0.1, 0.15) is 43.4 Å². The van der Waals surface area contributed by atoms with Gasteiger partial charge in [-0.15, -0.1) is 12.4 Å². The van der Waals surface area contributed by atoms with Gasteiger partial charge in [-0.2, -0.15) is 0 Å². The molecule has 3 amide bonds. The van der Waals surface area contributed by atoms with Crippen molar-refractivity contribution in [2.24, 2.45) is 17.4 Å². The Labute approximate surface area is 149 Å². The van der Waals surface area contributed by atoms with Crippen molar-refractivity contribution in [3.63, 3.8) is 0 Å². The summed E-state index contributed by atoms with van der Waals surface area (Å²) in [7, 11) is 0. The van der Waals surface area contributed by atoms with E-state index < -0.39 is 12.1 Å². The van der Waals surface area contributed by atoms with Gasteiger partial charge < -0.3 is 22.1 Å². The molecule has 2 atom stereocenters. The zero-order valence-corrected chi connectivity index (χ0v) is 15.0. The predicted molar refractivity (Wildman–Crippen MR) is 96.8 cm³/mol. The average Bonchev–Trinajstić information content (AvgIpc) is 3.31. The maximum absolute atomic E-state index is 12.5.